The zero-order valence-electron chi connectivity index (χ0n) is 8.79. The number of carbonyl (C=O) groups excluding carboxylic acids is 1. The summed E-state index contributed by atoms with van der Waals surface area (Å²) < 4.78 is 4.88. The molecule has 0 N–H and O–H groups in total. The van der Waals surface area contributed by atoms with E-state index >= 15 is 0 Å². The fourth-order valence-corrected chi connectivity index (χ4v) is 2.78. The van der Waals surface area contributed by atoms with E-state index in [1.807, 2.05) is 0 Å². The summed E-state index contributed by atoms with van der Waals surface area (Å²) in [4.78, 5) is 11.6. The van der Waals surface area contributed by atoms with Gasteiger partial charge in [0.15, 0.2) is 0 Å². The van der Waals surface area contributed by atoms with Gasteiger partial charge in [0.1, 0.15) is 0 Å². The molecule has 2 atom stereocenters. The molecule has 0 unspecified atom stereocenters. The van der Waals surface area contributed by atoms with Gasteiger partial charge in [0.25, 0.3) is 0 Å². The van der Waals surface area contributed by atoms with Crippen molar-refractivity contribution in [3.63, 3.8) is 0 Å². The maximum absolute atomic E-state index is 11.6. The lowest BCUT2D eigenvalue weighted by molar-refractivity contribution is -0.147. The Morgan fingerprint density at radius 2 is 2.36 bits per heavy atom. The molecule has 1 fully saturated rings. The fourth-order valence-electron chi connectivity index (χ4n) is 2.78. The third-order valence-electron chi connectivity index (χ3n) is 3.59. The molecule has 2 nitrogen and oxygen atoms in total. The molecule has 2 bridgehead atoms. The first-order chi connectivity index (χ1) is 6.81. The minimum absolute atomic E-state index is 0.0122. The molecule has 14 heavy (non-hydrogen) atoms. The molecule has 0 amide bonds. The van der Waals surface area contributed by atoms with Gasteiger partial charge in [0.2, 0.25) is 0 Å². The van der Waals surface area contributed by atoms with Crippen molar-refractivity contribution >= 4 is 5.97 Å². The number of hydrogen-bond donors (Lipinski definition) is 0. The quantitative estimate of drug-likeness (QED) is 0.474. The molecule has 0 radical (unpaired) electrons. The first-order valence-electron chi connectivity index (χ1n) is 5.57. The average Bonchev–Trinajstić information content (AvgIpc) is 2.64. The molecule has 0 heterocycles. The first kappa shape index (κ1) is 9.75. The lowest BCUT2D eigenvalue weighted by atomic mass is 9.85. The van der Waals surface area contributed by atoms with Gasteiger partial charge in [0.05, 0.1) is 13.0 Å². The van der Waals surface area contributed by atoms with E-state index in [0.29, 0.717) is 5.92 Å². The molecule has 1 saturated carbocycles. The molecule has 2 heteroatoms. The number of carbonyl (C=O) groups is 1. The monoisotopic (exact) mass is 194 g/mol. The van der Waals surface area contributed by atoms with E-state index in [9.17, 15) is 4.79 Å². The summed E-state index contributed by atoms with van der Waals surface area (Å²) in [6.45, 7) is 0. The van der Waals surface area contributed by atoms with E-state index in [4.69, 9.17) is 4.74 Å². The van der Waals surface area contributed by atoms with Crippen LogP contribution in [0.15, 0.2) is 11.6 Å². The zero-order valence-corrected chi connectivity index (χ0v) is 8.79. The van der Waals surface area contributed by atoms with Crippen molar-refractivity contribution in [2.24, 2.45) is 11.8 Å². The van der Waals surface area contributed by atoms with Gasteiger partial charge in [-0.15, -0.1) is 0 Å². The van der Waals surface area contributed by atoms with Crippen LogP contribution < -0.4 is 0 Å². The summed E-state index contributed by atoms with van der Waals surface area (Å²) in [5, 5.41) is 0. The van der Waals surface area contributed by atoms with Crippen molar-refractivity contribution in [2.45, 2.75) is 38.5 Å². The summed E-state index contributed by atoms with van der Waals surface area (Å²) in [6.07, 6.45) is 9.22. The van der Waals surface area contributed by atoms with Gasteiger partial charge in [-0.3, -0.25) is 4.79 Å². The van der Waals surface area contributed by atoms with Gasteiger partial charge in [-0.05, 0) is 44.4 Å². The maximum Gasteiger partial charge on any atom is 0.308 e. The van der Waals surface area contributed by atoms with Crippen molar-refractivity contribution in [3.05, 3.63) is 11.6 Å². The van der Waals surface area contributed by atoms with Crippen molar-refractivity contribution in [3.8, 4) is 0 Å². The highest BCUT2D eigenvalue weighted by atomic mass is 16.5. The number of ether oxygens (including phenoxy) is 1. The molecule has 0 spiro atoms. The number of rotatable bonds is 1. The van der Waals surface area contributed by atoms with Gasteiger partial charge < -0.3 is 4.74 Å². The molecule has 78 valence electrons. The Morgan fingerprint density at radius 3 is 3.14 bits per heavy atom. The Kier molecular flexibility index (Phi) is 2.90. The fraction of sp³-hybridized carbons (Fsp3) is 0.750. The van der Waals surface area contributed by atoms with Crippen molar-refractivity contribution < 1.29 is 9.53 Å². The van der Waals surface area contributed by atoms with Crippen molar-refractivity contribution in [1.29, 1.82) is 0 Å². The average molecular weight is 194 g/mol. The second-order valence-corrected chi connectivity index (χ2v) is 4.43. The van der Waals surface area contributed by atoms with Crippen molar-refractivity contribution in [2.75, 3.05) is 7.11 Å². The summed E-state index contributed by atoms with van der Waals surface area (Å²) in [5.41, 5.74) is 1.57. The minimum Gasteiger partial charge on any atom is -0.469 e. The molecular weight excluding hydrogens is 176 g/mol. The van der Waals surface area contributed by atoms with Gasteiger partial charge in [-0.2, -0.15) is 0 Å². The predicted octanol–water partition coefficient (Wildman–Crippen LogP) is 2.69. The Morgan fingerprint density at radius 1 is 1.50 bits per heavy atom. The van der Waals surface area contributed by atoms with Crippen LogP contribution in [-0.4, -0.2) is 13.1 Å². The Labute approximate surface area is 85.3 Å². The molecule has 2 aliphatic rings. The van der Waals surface area contributed by atoms with E-state index in [1.165, 1.54) is 20.0 Å². The summed E-state index contributed by atoms with van der Waals surface area (Å²) >= 11 is 0. The highest BCUT2D eigenvalue weighted by molar-refractivity contribution is 5.72. The molecule has 0 aromatic rings. The Bertz CT molecular complexity index is 255. The van der Waals surface area contributed by atoms with Crippen LogP contribution >= 0.6 is 0 Å². The third-order valence-corrected chi connectivity index (χ3v) is 3.59. The highest BCUT2D eigenvalue weighted by Gasteiger charge is 2.33. The largest absolute Gasteiger partial charge is 0.469 e. The lowest BCUT2D eigenvalue weighted by Crippen LogP contribution is -2.23. The third kappa shape index (κ3) is 1.84. The molecule has 2 rings (SSSR count). The summed E-state index contributed by atoms with van der Waals surface area (Å²) in [6, 6.07) is 0. The van der Waals surface area contributed by atoms with Gasteiger partial charge in [-0.25, -0.2) is 0 Å². The number of methoxy groups -OCH3 is 1. The molecule has 0 saturated heterocycles. The minimum atomic E-state index is 0.0122. The first-order valence-corrected chi connectivity index (χ1v) is 5.57. The van der Waals surface area contributed by atoms with Crippen LogP contribution in [0, 0.1) is 11.8 Å². The zero-order chi connectivity index (χ0) is 9.97. The predicted molar refractivity (Wildman–Crippen MR) is 54.8 cm³/mol. The topological polar surface area (TPSA) is 26.3 Å². The van der Waals surface area contributed by atoms with Crippen LogP contribution in [0.3, 0.4) is 0 Å². The standard InChI is InChI=1S/C12H18O2/c1-14-12(13)11-5-3-2-4-9-6-7-10(11)8-9/h4,10-11H,2-3,5-8H2,1H3/t10-,11-/m0/s1. The van der Waals surface area contributed by atoms with E-state index in [0.717, 1.165) is 25.7 Å². The van der Waals surface area contributed by atoms with E-state index in [1.54, 1.807) is 5.57 Å². The Balaban J connectivity index is 2.10. The van der Waals surface area contributed by atoms with Gasteiger partial charge in [-0.1, -0.05) is 11.6 Å². The smallest absolute Gasteiger partial charge is 0.308 e. The highest BCUT2D eigenvalue weighted by Crippen LogP contribution is 2.39. The van der Waals surface area contributed by atoms with E-state index in [2.05, 4.69) is 6.08 Å². The van der Waals surface area contributed by atoms with E-state index < -0.39 is 0 Å². The summed E-state index contributed by atoms with van der Waals surface area (Å²) in [5.74, 6) is 0.748. The van der Waals surface area contributed by atoms with Crippen LogP contribution in [0.4, 0.5) is 0 Å². The molecule has 2 aliphatic carbocycles. The van der Waals surface area contributed by atoms with Crippen LogP contribution in [0.25, 0.3) is 0 Å². The van der Waals surface area contributed by atoms with Crippen LogP contribution in [-0.2, 0) is 9.53 Å². The number of hydrogen-bond acceptors (Lipinski definition) is 2. The molecular formula is C12H18O2. The second kappa shape index (κ2) is 4.16. The van der Waals surface area contributed by atoms with Gasteiger partial charge in [0, 0.05) is 0 Å². The van der Waals surface area contributed by atoms with Crippen LogP contribution in [0.1, 0.15) is 38.5 Å². The maximum atomic E-state index is 11.6. The lowest BCUT2D eigenvalue weighted by Gasteiger charge is -2.21. The molecule has 0 aromatic heterocycles. The van der Waals surface area contributed by atoms with Crippen molar-refractivity contribution in [1.82, 2.24) is 0 Å². The SMILES string of the molecule is COC(=O)[C@H]1CCCC=C2CC[C@H]1C2. The normalized spacial score (nSPS) is 31.6. The number of esters is 1. The summed E-state index contributed by atoms with van der Waals surface area (Å²) in [7, 11) is 1.51. The second-order valence-electron chi connectivity index (χ2n) is 4.43. The Hall–Kier alpha value is -0.790. The number of fused-ring (bicyclic) bond motifs is 2. The van der Waals surface area contributed by atoms with Crippen LogP contribution in [0.2, 0.25) is 0 Å². The van der Waals surface area contributed by atoms with Crippen LogP contribution in [0.5, 0.6) is 0 Å². The molecule has 0 aliphatic heterocycles. The van der Waals surface area contributed by atoms with Gasteiger partial charge >= 0.3 is 5.97 Å². The number of allylic oxidation sites excluding steroid dienone is 2. The van der Waals surface area contributed by atoms with E-state index in [-0.39, 0.29) is 11.9 Å². The molecule has 0 aromatic carbocycles.